The number of hydrogen-bond acceptors (Lipinski definition) is 8. The number of rotatable bonds is 7. The lowest BCUT2D eigenvalue weighted by molar-refractivity contribution is -0.146. The summed E-state index contributed by atoms with van der Waals surface area (Å²) < 4.78 is 11.9. The number of aliphatic hydroxyl groups excluding tert-OH is 1. The molecule has 150 valence electrons. The zero-order valence-electron chi connectivity index (χ0n) is 15.5. The number of carbonyl (C=O) groups excluding carboxylic acids is 2. The largest absolute Gasteiger partial charge is 0.497 e. The fraction of sp³-hybridized carbons (Fsp3) is 0.263. The molecule has 2 aliphatic heterocycles. The van der Waals surface area contributed by atoms with Crippen LogP contribution in [0.2, 0.25) is 0 Å². The summed E-state index contributed by atoms with van der Waals surface area (Å²) in [7, 11) is 1.58. The monoisotopic (exact) mass is 414 g/mol. The van der Waals surface area contributed by atoms with Gasteiger partial charge in [0.25, 0.3) is 5.91 Å². The molecule has 1 aromatic heterocycles. The van der Waals surface area contributed by atoms with Crippen molar-refractivity contribution in [2.45, 2.75) is 18.5 Å². The fourth-order valence-electron chi connectivity index (χ4n) is 2.95. The maximum atomic E-state index is 12.5. The summed E-state index contributed by atoms with van der Waals surface area (Å²) in [4.78, 5) is 26.4. The molecule has 0 spiro atoms. The van der Waals surface area contributed by atoms with E-state index in [9.17, 15) is 9.59 Å². The first-order valence-electron chi connectivity index (χ1n) is 8.82. The minimum Gasteiger partial charge on any atom is -0.497 e. The van der Waals surface area contributed by atoms with Crippen LogP contribution in [0.1, 0.15) is 11.3 Å². The van der Waals surface area contributed by atoms with E-state index in [0.29, 0.717) is 17.8 Å². The highest BCUT2D eigenvalue weighted by molar-refractivity contribution is 8.03. The van der Waals surface area contributed by atoms with Gasteiger partial charge in [0.1, 0.15) is 29.1 Å². The van der Waals surface area contributed by atoms with Crippen LogP contribution in [0.5, 0.6) is 5.75 Å². The first-order valence-corrected chi connectivity index (χ1v) is 9.77. The van der Waals surface area contributed by atoms with Crippen molar-refractivity contribution in [3.63, 3.8) is 0 Å². The topological polar surface area (TPSA) is 107 Å². The van der Waals surface area contributed by atoms with Gasteiger partial charge in [-0.25, -0.2) is 9.48 Å². The summed E-state index contributed by atoms with van der Waals surface area (Å²) in [5.74, 6) is -0.0823. The maximum Gasteiger partial charge on any atom is 0.355 e. The lowest BCUT2D eigenvalue weighted by atomic mass is 10.0. The second-order valence-corrected chi connectivity index (χ2v) is 7.28. The number of fused-ring (bicyclic) bond motifs is 1. The van der Waals surface area contributed by atoms with Crippen molar-refractivity contribution < 1.29 is 24.2 Å². The number of aromatic nitrogens is 3. The average molecular weight is 414 g/mol. The highest BCUT2D eigenvalue weighted by Gasteiger charge is 2.49. The molecule has 0 saturated carbocycles. The van der Waals surface area contributed by atoms with Gasteiger partial charge < -0.3 is 14.6 Å². The van der Waals surface area contributed by atoms with E-state index in [1.54, 1.807) is 36.9 Å². The van der Waals surface area contributed by atoms with Gasteiger partial charge in [-0.05, 0) is 23.8 Å². The van der Waals surface area contributed by atoms with Gasteiger partial charge in [-0.1, -0.05) is 17.3 Å². The number of hydrogen-bond donors (Lipinski definition) is 1. The Balaban J connectivity index is 1.37. The lowest BCUT2D eigenvalue weighted by Gasteiger charge is -2.37. The molecule has 0 aliphatic carbocycles. The standard InChI is InChI=1S/C19H18N4O5S/c1-27-14-4-2-12(3-5-14)10-28-19(26)16-11-29-18-15(17(25)23(16)18)8-13-9-22(6-7-24)21-20-13/h2-5,8-9,11,18,24H,6-7,10H2,1H3/t18-/m1/s1. The predicted octanol–water partition coefficient (Wildman–Crippen LogP) is 1.16. The Kier molecular flexibility index (Phi) is 5.36. The molecule has 4 rings (SSSR count). The number of nitrogens with zero attached hydrogens (tertiary/aromatic N) is 4. The second-order valence-electron chi connectivity index (χ2n) is 6.32. The molecular weight excluding hydrogens is 396 g/mol. The summed E-state index contributed by atoms with van der Waals surface area (Å²) in [5, 5.41) is 18.1. The van der Waals surface area contributed by atoms with Crippen LogP contribution < -0.4 is 4.74 Å². The van der Waals surface area contributed by atoms with E-state index in [1.807, 2.05) is 12.1 Å². The van der Waals surface area contributed by atoms with E-state index in [0.717, 1.165) is 11.3 Å². The van der Waals surface area contributed by atoms with Crippen molar-refractivity contribution in [2.24, 2.45) is 0 Å². The highest BCUT2D eigenvalue weighted by Crippen LogP contribution is 2.45. The zero-order valence-corrected chi connectivity index (χ0v) is 16.3. The van der Waals surface area contributed by atoms with Crippen LogP contribution in [0, 0.1) is 0 Å². The van der Waals surface area contributed by atoms with Crippen LogP contribution in [-0.4, -0.2) is 56.0 Å². The Hall–Kier alpha value is -3.11. The van der Waals surface area contributed by atoms with Gasteiger partial charge in [0, 0.05) is 5.41 Å². The molecule has 1 fully saturated rings. The molecule has 1 saturated heterocycles. The molecule has 0 unspecified atom stereocenters. The zero-order chi connectivity index (χ0) is 20.4. The number of thioether (sulfide) groups is 1. The van der Waals surface area contributed by atoms with E-state index in [4.69, 9.17) is 14.6 Å². The van der Waals surface area contributed by atoms with Crippen LogP contribution in [0.3, 0.4) is 0 Å². The smallest absolute Gasteiger partial charge is 0.355 e. The molecule has 1 atom stereocenters. The third kappa shape index (κ3) is 3.76. The molecule has 1 N–H and O–H groups in total. The van der Waals surface area contributed by atoms with Gasteiger partial charge in [0.2, 0.25) is 0 Å². The minimum absolute atomic E-state index is 0.0452. The maximum absolute atomic E-state index is 12.5. The van der Waals surface area contributed by atoms with E-state index in [2.05, 4.69) is 10.3 Å². The van der Waals surface area contributed by atoms with Crippen LogP contribution in [0.4, 0.5) is 0 Å². The molecule has 1 amide bonds. The van der Waals surface area contributed by atoms with Crippen molar-refractivity contribution in [3.8, 4) is 5.75 Å². The number of benzene rings is 1. The number of methoxy groups -OCH3 is 1. The Morgan fingerprint density at radius 1 is 1.34 bits per heavy atom. The van der Waals surface area contributed by atoms with Gasteiger partial charge in [-0.3, -0.25) is 9.69 Å². The molecule has 0 radical (unpaired) electrons. The van der Waals surface area contributed by atoms with E-state index < -0.39 is 5.97 Å². The molecule has 1 aromatic carbocycles. The van der Waals surface area contributed by atoms with Crippen molar-refractivity contribution >= 4 is 29.7 Å². The van der Waals surface area contributed by atoms with Crippen molar-refractivity contribution in [2.75, 3.05) is 13.7 Å². The van der Waals surface area contributed by atoms with Gasteiger partial charge in [0.05, 0.1) is 32.0 Å². The number of aliphatic hydroxyl groups is 1. The Bertz CT molecular complexity index is 998. The highest BCUT2D eigenvalue weighted by atomic mass is 32.2. The molecule has 3 heterocycles. The van der Waals surface area contributed by atoms with E-state index in [1.165, 1.54) is 21.3 Å². The molecule has 9 nitrogen and oxygen atoms in total. The summed E-state index contributed by atoms with van der Waals surface area (Å²) in [5.41, 5.74) is 2.13. The summed E-state index contributed by atoms with van der Waals surface area (Å²) in [6.45, 7) is 0.394. The third-order valence-electron chi connectivity index (χ3n) is 4.46. The van der Waals surface area contributed by atoms with Gasteiger partial charge in [0.15, 0.2) is 0 Å². The molecule has 2 aliphatic rings. The number of β-lactam (4-membered cyclic amide) rings is 1. The quantitative estimate of drug-likeness (QED) is 0.409. The normalized spacial score (nSPS) is 19.0. The van der Waals surface area contributed by atoms with Crippen LogP contribution in [0.15, 0.2) is 47.1 Å². The summed E-state index contributed by atoms with van der Waals surface area (Å²) >= 11 is 1.37. The Labute approximate surface area is 170 Å². The van der Waals surface area contributed by atoms with Gasteiger partial charge >= 0.3 is 5.97 Å². The van der Waals surface area contributed by atoms with Crippen LogP contribution in [-0.2, 0) is 27.5 Å². The van der Waals surface area contributed by atoms with Crippen molar-refractivity contribution in [1.29, 1.82) is 0 Å². The number of carbonyl (C=O) groups is 2. The first-order chi connectivity index (χ1) is 14.1. The Morgan fingerprint density at radius 2 is 2.14 bits per heavy atom. The molecule has 10 heteroatoms. The first kappa shape index (κ1) is 19.2. The SMILES string of the molecule is COc1ccc(COC(=O)C2=CS[C@@H]3C(=Cc4cn(CCO)nn4)C(=O)N23)cc1. The molecule has 0 bridgehead atoms. The van der Waals surface area contributed by atoms with Crippen LogP contribution >= 0.6 is 11.8 Å². The van der Waals surface area contributed by atoms with E-state index >= 15 is 0 Å². The van der Waals surface area contributed by atoms with Crippen LogP contribution in [0.25, 0.3) is 6.08 Å². The number of esters is 1. The Morgan fingerprint density at radius 3 is 2.86 bits per heavy atom. The third-order valence-corrected chi connectivity index (χ3v) is 5.54. The number of ether oxygens (including phenoxy) is 2. The number of amides is 1. The van der Waals surface area contributed by atoms with Gasteiger partial charge in [-0.2, -0.15) is 0 Å². The molecular formula is C19H18N4O5S. The summed E-state index contributed by atoms with van der Waals surface area (Å²) in [6, 6.07) is 7.20. The van der Waals surface area contributed by atoms with Crippen molar-refractivity contribution in [3.05, 3.63) is 58.4 Å². The summed E-state index contributed by atoms with van der Waals surface area (Å²) in [6.07, 6.45) is 3.30. The van der Waals surface area contributed by atoms with E-state index in [-0.39, 0.29) is 30.2 Å². The predicted molar refractivity (Wildman–Crippen MR) is 104 cm³/mol. The molecule has 29 heavy (non-hydrogen) atoms. The van der Waals surface area contributed by atoms with Crippen molar-refractivity contribution in [1.82, 2.24) is 19.9 Å². The molecule has 2 aromatic rings. The lowest BCUT2D eigenvalue weighted by Crippen LogP contribution is -2.51. The average Bonchev–Trinajstić information content (AvgIpc) is 3.35. The second kappa shape index (κ2) is 8.10. The minimum atomic E-state index is -0.544. The van der Waals surface area contributed by atoms with Gasteiger partial charge in [-0.15, -0.1) is 16.9 Å². The fourth-order valence-corrected chi connectivity index (χ4v) is 4.07.